The molecule has 192 valence electrons. The van der Waals surface area contributed by atoms with Crippen LogP contribution in [0.2, 0.25) is 0 Å². The van der Waals surface area contributed by atoms with Crippen LogP contribution in [0.4, 0.5) is 0 Å². The molecule has 6 rings (SSSR count). The van der Waals surface area contributed by atoms with Gasteiger partial charge in [-0.2, -0.15) is 10.5 Å². The van der Waals surface area contributed by atoms with Gasteiger partial charge in [0.2, 0.25) is 0 Å². The number of hydrogen-bond donors (Lipinski definition) is 0. The van der Waals surface area contributed by atoms with Crippen molar-refractivity contribution in [2.24, 2.45) is 0 Å². The number of nitriles is 2. The third kappa shape index (κ3) is 5.00. The van der Waals surface area contributed by atoms with E-state index in [2.05, 4.69) is 21.9 Å². The van der Waals surface area contributed by atoms with Crippen LogP contribution in [0.3, 0.4) is 0 Å². The van der Waals surface area contributed by atoms with Crippen molar-refractivity contribution in [1.82, 2.24) is 14.8 Å². The van der Waals surface area contributed by atoms with Crippen molar-refractivity contribution in [3.8, 4) is 34.5 Å². The van der Waals surface area contributed by atoms with E-state index in [9.17, 15) is 15.3 Å². The van der Waals surface area contributed by atoms with Crippen LogP contribution < -0.4 is 0 Å². The fourth-order valence-electron chi connectivity index (χ4n) is 5.96. The number of likely N-dealkylation sites (tertiary alicyclic amines) is 2. The molecular weight excluding hydrogens is 482 g/mol. The smallest absolute Gasteiger partial charge is 0.254 e. The predicted octanol–water partition coefficient (Wildman–Crippen LogP) is 6.01. The maximum absolute atomic E-state index is 14.3. The number of nitrogens with zero attached hydrogens (tertiary/aromatic N) is 5. The summed E-state index contributed by atoms with van der Waals surface area (Å²) in [5, 5.41) is 19.6. The van der Waals surface area contributed by atoms with Crippen LogP contribution in [0.25, 0.3) is 33.3 Å². The van der Waals surface area contributed by atoms with Gasteiger partial charge in [0, 0.05) is 30.1 Å². The first kappa shape index (κ1) is 24.8. The first-order valence-electron chi connectivity index (χ1n) is 13.6. The minimum atomic E-state index is 0.0321. The Morgan fingerprint density at radius 3 is 2.26 bits per heavy atom. The molecule has 3 aromatic carbocycles. The predicted molar refractivity (Wildman–Crippen MR) is 152 cm³/mol. The molecule has 0 aliphatic carbocycles. The highest BCUT2D eigenvalue weighted by atomic mass is 16.2. The van der Waals surface area contributed by atoms with Gasteiger partial charge >= 0.3 is 0 Å². The van der Waals surface area contributed by atoms with Crippen LogP contribution in [-0.4, -0.2) is 52.9 Å². The number of aromatic nitrogens is 1. The summed E-state index contributed by atoms with van der Waals surface area (Å²) >= 11 is 0. The van der Waals surface area contributed by atoms with Gasteiger partial charge in [-0.1, -0.05) is 30.3 Å². The van der Waals surface area contributed by atoms with Gasteiger partial charge in [-0.05, 0) is 92.4 Å². The Labute approximate surface area is 228 Å². The number of carbonyl (C=O) groups excluding carboxylic acids is 1. The molecule has 3 heterocycles. The summed E-state index contributed by atoms with van der Waals surface area (Å²) in [6.45, 7) is 3.91. The van der Waals surface area contributed by atoms with Crippen LogP contribution in [-0.2, 0) is 0 Å². The molecule has 2 saturated heterocycles. The Bertz CT molecular complexity index is 1640. The quantitative estimate of drug-likeness (QED) is 0.328. The molecule has 6 heteroatoms. The minimum Gasteiger partial charge on any atom is -0.334 e. The molecule has 39 heavy (non-hydrogen) atoms. The second-order valence-corrected chi connectivity index (χ2v) is 10.5. The molecule has 0 spiro atoms. The average Bonchev–Trinajstić information content (AvgIpc) is 3.68. The van der Waals surface area contributed by atoms with Gasteiger partial charge < -0.3 is 9.80 Å². The lowest BCUT2D eigenvalue weighted by atomic mass is 9.97. The molecule has 0 radical (unpaired) electrons. The van der Waals surface area contributed by atoms with E-state index in [-0.39, 0.29) is 11.9 Å². The first-order chi connectivity index (χ1) is 19.1. The third-order valence-electron chi connectivity index (χ3n) is 7.96. The topological polar surface area (TPSA) is 84.0 Å². The highest BCUT2D eigenvalue weighted by Crippen LogP contribution is 2.32. The fourth-order valence-corrected chi connectivity index (χ4v) is 5.96. The van der Waals surface area contributed by atoms with Gasteiger partial charge in [-0.15, -0.1) is 0 Å². The summed E-state index contributed by atoms with van der Waals surface area (Å²) in [6, 6.07) is 27.3. The molecule has 4 aromatic rings. The Morgan fingerprint density at radius 2 is 1.51 bits per heavy atom. The van der Waals surface area contributed by atoms with Gasteiger partial charge in [0.1, 0.15) is 0 Å². The van der Waals surface area contributed by atoms with Gasteiger partial charge in [0.15, 0.2) is 0 Å². The molecule has 0 N–H and O–H groups in total. The molecule has 0 bridgehead atoms. The third-order valence-corrected chi connectivity index (χ3v) is 7.96. The van der Waals surface area contributed by atoms with E-state index in [0.29, 0.717) is 22.4 Å². The summed E-state index contributed by atoms with van der Waals surface area (Å²) in [4.78, 5) is 23.8. The fraction of sp³-hybridized carbons (Fsp3) is 0.273. The normalized spacial score (nSPS) is 17.3. The average molecular weight is 512 g/mol. The summed E-state index contributed by atoms with van der Waals surface area (Å²) in [7, 11) is 0. The van der Waals surface area contributed by atoms with Crippen LogP contribution in [0.1, 0.15) is 47.2 Å². The van der Waals surface area contributed by atoms with Crippen LogP contribution in [0.5, 0.6) is 0 Å². The molecule has 1 amide bonds. The van der Waals surface area contributed by atoms with Crippen molar-refractivity contribution >= 4 is 16.8 Å². The molecular formula is C33H29N5O. The van der Waals surface area contributed by atoms with Crippen molar-refractivity contribution in [3.05, 3.63) is 89.5 Å². The van der Waals surface area contributed by atoms with E-state index in [1.165, 1.54) is 12.8 Å². The number of hydrogen-bond acceptors (Lipinski definition) is 5. The molecule has 0 unspecified atom stereocenters. The minimum absolute atomic E-state index is 0.0321. The van der Waals surface area contributed by atoms with Crippen molar-refractivity contribution in [1.29, 1.82) is 10.5 Å². The van der Waals surface area contributed by atoms with Gasteiger partial charge in [-0.3, -0.25) is 4.79 Å². The zero-order valence-electron chi connectivity index (χ0n) is 21.8. The van der Waals surface area contributed by atoms with E-state index < -0.39 is 0 Å². The Kier molecular flexibility index (Phi) is 6.80. The Morgan fingerprint density at radius 1 is 0.821 bits per heavy atom. The second kappa shape index (κ2) is 10.7. The number of rotatable bonds is 5. The van der Waals surface area contributed by atoms with E-state index in [1.807, 2.05) is 60.7 Å². The van der Waals surface area contributed by atoms with Crippen molar-refractivity contribution in [3.63, 3.8) is 0 Å². The molecule has 0 saturated carbocycles. The largest absolute Gasteiger partial charge is 0.334 e. The van der Waals surface area contributed by atoms with E-state index in [1.54, 1.807) is 12.1 Å². The van der Waals surface area contributed by atoms with E-state index >= 15 is 0 Å². The summed E-state index contributed by atoms with van der Waals surface area (Å²) in [6.07, 6.45) is 4.50. The summed E-state index contributed by atoms with van der Waals surface area (Å²) in [5.74, 6) is 0.0321. The number of carbonyl (C=O) groups is 1. The zero-order chi connectivity index (χ0) is 26.8. The molecule has 2 aliphatic rings. The lowest BCUT2D eigenvalue weighted by molar-refractivity contribution is 0.0710. The van der Waals surface area contributed by atoms with Crippen LogP contribution >= 0.6 is 0 Å². The second-order valence-electron chi connectivity index (χ2n) is 10.5. The SMILES string of the molecule is N#Cc1cccc(-c2ccc3nc(-c4cccc(C#N)c4)cc(C(=O)N4CCC[C@H]4CN4CCCC4)c3c2)c1. The summed E-state index contributed by atoms with van der Waals surface area (Å²) < 4.78 is 0. The summed E-state index contributed by atoms with van der Waals surface area (Å²) in [5.41, 5.74) is 5.86. The maximum atomic E-state index is 14.3. The standard InChI is InChI=1S/C33H29N5O/c34-20-23-6-3-8-25(16-23)26-11-12-31-29(18-26)30(19-32(36-31)27-9-4-7-24(17-27)21-35)33(39)38-15-5-10-28(38)22-37-13-1-2-14-37/h3-4,6-9,11-12,16-19,28H,1-2,5,10,13-15,22H2/t28-/m0/s1. The Hall–Kier alpha value is -4.52. The maximum Gasteiger partial charge on any atom is 0.254 e. The van der Waals surface area contributed by atoms with Crippen LogP contribution in [0, 0.1) is 22.7 Å². The molecule has 2 aliphatic heterocycles. The highest BCUT2D eigenvalue weighted by molar-refractivity contribution is 6.08. The molecule has 2 fully saturated rings. The van der Waals surface area contributed by atoms with Gasteiger partial charge in [0.05, 0.1) is 40.0 Å². The van der Waals surface area contributed by atoms with Gasteiger partial charge in [-0.25, -0.2) is 4.98 Å². The van der Waals surface area contributed by atoms with Crippen molar-refractivity contribution in [2.75, 3.05) is 26.2 Å². The Balaban J connectivity index is 1.46. The van der Waals surface area contributed by atoms with Crippen molar-refractivity contribution in [2.45, 2.75) is 31.7 Å². The lowest BCUT2D eigenvalue weighted by Crippen LogP contribution is -2.42. The number of fused-ring (bicyclic) bond motifs is 1. The van der Waals surface area contributed by atoms with Crippen LogP contribution in [0.15, 0.2) is 72.8 Å². The highest BCUT2D eigenvalue weighted by Gasteiger charge is 2.32. The number of amides is 1. The van der Waals surface area contributed by atoms with E-state index in [0.717, 1.165) is 66.6 Å². The number of pyridine rings is 1. The molecule has 6 nitrogen and oxygen atoms in total. The van der Waals surface area contributed by atoms with E-state index in [4.69, 9.17) is 4.98 Å². The first-order valence-corrected chi connectivity index (χ1v) is 13.6. The van der Waals surface area contributed by atoms with Crippen molar-refractivity contribution < 1.29 is 4.79 Å². The zero-order valence-corrected chi connectivity index (χ0v) is 21.8. The molecule has 1 atom stereocenters. The number of benzene rings is 3. The molecule has 1 aromatic heterocycles. The lowest BCUT2D eigenvalue weighted by Gasteiger charge is -2.29. The monoisotopic (exact) mass is 511 g/mol. The van der Waals surface area contributed by atoms with Gasteiger partial charge in [0.25, 0.3) is 5.91 Å².